The van der Waals surface area contributed by atoms with Crippen LogP contribution in [0.2, 0.25) is 0 Å². The van der Waals surface area contributed by atoms with Crippen LogP contribution in [-0.2, 0) is 14.3 Å². The molecule has 0 aliphatic carbocycles. The van der Waals surface area contributed by atoms with E-state index >= 15 is 0 Å². The average Bonchev–Trinajstić information content (AvgIpc) is 2.23. The molecule has 0 aromatic rings. The van der Waals surface area contributed by atoms with E-state index in [1.54, 1.807) is 13.8 Å². The summed E-state index contributed by atoms with van der Waals surface area (Å²) in [5, 5.41) is 2.21. The highest BCUT2D eigenvalue weighted by molar-refractivity contribution is 5.83. The van der Waals surface area contributed by atoms with E-state index in [0.717, 1.165) is 0 Å². The lowest BCUT2D eigenvalue weighted by Gasteiger charge is -2.07. The Kier molecular flexibility index (Phi) is 6.69. The molecule has 0 rings (SSSR count). The van der Waals surface area contributed by atoms with Crippen molar-refractivity contribution in [2.24, 2.45) is 0 Å². The summed E-state index contributed by atoms with van der Waals surface area (Å²) in [6.45, 7) is 3.34. The van der Waals surface area contributed by atoms with E-state index in [2.05, 4.69) is 20.9 Å². The van der Waals surface area contributed by atoms with Gasteiger partial charge in [0, 0.05) is 6.42 Å². The van der Waals surface area contributed by atoms with Crippen LogP contribution in [0.3, 0.4) is 0 Å². The van der Waals surface area contributed by atoms with Gasteiger partial charge in [0.2, 0.25) is 5.91 Å². The highest BCUT2D eigenvalue weighted by atomic mass is 16.5. The number of ether oxygens (including phenoxy) is 1. The summed E-state index contributed by atoms with van der Waals surface area (Å²) in [7, 11) is 0. The third kappa shape index (κ3) is 7.29. The first kappa shape index (κ1) is 13.2. The SMILES string of the molecule is CCOC(=O)CNC(=O)NNC(=O)CC. The molecule has 0 saturated carbocycles. The highest BCUT2D eigenvalue weighted by Crippen LogP contribution is 1.75. The molecule has 0 fully saturated rings. The zero-order chi connectivity index (χ0) is 11.7. The van der Waals surface area contributed by atoms with Crippen molar-refractivity contribution in [1.82, 2.24) is 16.2 Å². The molecule has 0 radical (unpaired) electrons. The van der Waals surface area contributed by atoms with Crippen LogP contribution >= 0.6 is 0 Å². The van der Waals surface area contributed by atoms with E-state index in [-0.39, 0.29) is 25.5 Å². The number of hydrazine groups is 1. The summed E-state index contributed by atoms with van der Waals surface area (Å²) < 4.78 is 4.57. The molecule has 0 atom stereocenters. The van der Waals surface area contributed by atoms with E-state index in [1.807, 2.05) is 0 Å². The number of esters is 1. The first-order chi connectivity index (χ1) is 7.10. The fourth-order valence-corrected chi connectivity index (χ4v) is 0.624. The standard InChI is InChI=1S/C8H15N3O4/c1-3-6(12)10-11-8(14)9-5-7(13)15-4-2/h3-5H2,1-2H3,(H,10,12)(H2,9,11,14). The number of hydrogen-bond donors (Lipinski definition) is 3. The molecule has 0 aliphatic heterocycles. The average molecular weight is 217 g/mol. The topological polar surface area (TPSA) is 96.5 Å². The molecule has 3 N–H and O–H groups in total. The molecule has 15 heavy (non-hydrogen) atoms. The van der Waals surface area contributed by atoms with Gasteiger partial charge in [-0.1, -0.05) is 6.92 Å². The Hall–Kier alpha value is -1.79. The number of hydrogen-bond acceptors (Lipinski definition) is 4. The second-order valence-electron chi connectivity index (χ2n) is 2.51. The number of amides is 3. The Bertz CT molecular complexity index is 242. The van der Waals surface area contributed by atoms with Gasteiger partial charge >= 0.3 is 12.0 Å². The summed E-state index contributed by atoms with van der Waals surface area (Å²) in [5.41, 5.74) is 4.21. The number of nitrogens with one attached hydrogen (secondary N) is 3. The summed E-state index contributed by atoms with van der Waals surface area (Å²) in [4.78, 5) is 32.4. The summed E-state index contributed by atoms with van der Waals surface area (Å²) in [5.74, 6) is -0.851. The molecule has 0 heterocycles. The van der Waals surface area contributed by atoms with Gasteiger partial charge in [0.1, 0.15) is 6.54 Å². The summed E-state index contributed by atoms with van der Waals surface area (Å²) in [6.07, 6.45) is 0.262. The van der Waals surface area contributed by atoms with Crippen molar-refractivity contribution >= 4 is 17.9 Å². The molecule has 0 spiro atoms. The van der Waals surface area contributed by atoms with Gasteiger partial charge in [-0.15, -0.1) is 0 Å². The zero-order valence-electron chi connectivity index (χ0n) is 8.75. The molecule has 86 valence electrons. The van der Waals surface area contributed by atoms with Gasteiger partial charge in [-0.05, 0) is 6.92 Å². The number of carbonyl (C=O) groups excluding carboxylic acids is 3. The normalized spacial score (nSPS) is 8.93. The van der Waals surface area contributed by atoms with E-state index in [4.69, 9.17) is 0 Å². The van der Waals surface area contributed by atoms with Crippen molar-refractivity contribution in [3.05, 3.63) is 0 Å². The van der Waals surface area contributed by atoms with Crippen LogP contribution in [0.4, 0.5) is 4.79 Å². The Balaban J connectivity index is 3.57. The fourth-order valence-electron chi connectivity index (χ4n) is 0.624. The molecular formula is C8H15N3O4. The third-order valence-electron chi connectivity index (χ3n) is 1.34. The molecular weight excluding hydrogens is 202 g/mol. The van der Waals surface area contributed by atoms with Crippen LogP contribution in [-0.4, -0.2) is 31.1 Å². The largest absolute Gasteiger partial charge is 0.465 e. The van der Waals surface area contributed by atoms with E-state index < -0.39 is 12.0 Å². The van der Waals surface area contributed by atoms with Crippen LogP contribution in [0.15, 0.2) is 0 Å². The van der Waals surface area contributed by atoms with Gasteiger partial charge in [0.15, 0.2) is 0 Å². The summed E-state index contributed by atoms with van der Waals surface area (Å²) >= 11 is 0. The maximum atomic E-state index is 10.9. The Morgan fingerprint density at radius 2 is 1.80 bits per heavy atom. The van der Waals surface area contributed by atoms with Crippen LogP contribution in [0.5, 0.6) is 0 Å². The maximum absolute atomic E-state index is 10.9. The summed E-state index contributed by atoms with van der Waals surface area (Å²) in [6, 6.07) is -0.662. The molecule has 0 bridgehead atoms. The van der Waals surface area contributed by atoms with Gasteiger partial charge in [-0.3, -0.25) is 15.0 Å². The van der Waals surface area contributed by atoms with Crippen LogP contribution in [0.1, 0.15) is 20.3 Å². The molecule has 0 aromatic heterocycles. The third-order valence-corrected chi connectivity index (χ3v) is 1.34. The van der Waals surface area contributed by atoms with Gasteiger partial charge in [-0.25, -0.2) is 10.2 Å². The number of rotatable bonds is 4. The van der Waals surface area contributed by atoms with Crippen LogP contribution in [0.25, 0.3) is 0 Å². The van der Waals surface area contributed by atoms with E-state index in [9.17, 15) is 14.4 Å². The highest BCUT2D eigenvalue weighted by Gasteiger charge is 2.05. The molecule has 7 heteroatoms. The predicted octanol–water partition coefficient (Wildman–Crippen LogP) is -0.710. The first-order valence-electron chi connectivity index (χ1n) is 4.58. The lowest BCUT2D eigenvalue weighted by molar-refractivity contribution is -0.141. The minimum absolute atomic E-state index is 0.234. The van der Waals surface area contributed by atoms with Crippen molar-refractivity contribution in [3.8, 4) is 0 Å². The first-order valence-corrected chi connectivity index (χ1v) is 4.58. The second-order valence-corrected chi connectivity index (χ2v) is 2.51. The van der Waals surface area contributed by atoms with E-state index in [1.165, 1.54) is 0 Å². The minimum atomic E-state index is -0.662. The van der Waals surface area contributed by atoms with Crippen molar-refractivity contribution < 1.29 is 19.1 Å². The lowest BCUT2D eigenvalue weighted by Crippen LogP contribution is -2.48. The van der Waals surface area contributed by atoms with Crippen molar-refractivity contribution in [2.45, 2.75) is 20.3 Å². The molecule has 0 aromatic carbocycles. The Morgan fingerprint density at radius 3 is 2.33 bits per heavy atom. The van der Waals surface area contributed by atoms with Gasteiger partial charge in [0.05, 0.1) is 6.61 Å². The number of urea groups is 1. The fraction of sp³-hybridized carbons (Fsp3) is 0.625. The predicted molar refractivity (Wildman–Crippen MR) is 51.6 cm³/mol. The van der Waals surface area contributed by atoms with E-state index in [0.29, 0.717) is 0 Å². The van der Waals surface area contributed by atoms with Crippen LogP contribution < -0.4 is 16.2 Å². The quantitative estimate of drug-likeness (QED) is 0.428. The Morgan fingerprint density at radius 1 is 1.13 bits per heavy atom. The lowest BCUT2D eigenvalue weighted by atomic mass is 10.5. The van der Waals surface area contributed by atoms with Crippen molar-refractivity contribution in [3.63, 3.8) is 0 Å². The van der Waals surface area contributed by atoms with Gasteiger partial charge < -0.3 is 10.1 Å². The molecule has 3 amide bonds. The molecule has 0 aliphatic rings. The van der Waals surface area contributed by atoms with Gasteiger partial charge in [-0.2, -0.15) is 0 Å². The zero-order valence-corrected chi connectivity index (χ0v) is 8.75. The number of carbonyl (C=O) groups is 3. The molecule has 0 unspecified atom stereocenters. The monoisotopic (exact) mass is 217 g/mol. The minimum Gasteiger partial charge on any atom is -0.465 e. The van der Waals surface area contributed by atoms with Gasteiger partial charge in [0.25, 0.3) is 0 Å². The second kappa shape index (κ2) is 7.60. The van der Waals surface area contributed by atoms with Crippen molar-refractivity contribution in [2.75, 3.05) is 13.2 Å². The van der Waals surface area contributed by atoms with Crippen molar-refractivity contribution in [1.29, 1.82) is 0 Å². The molecule has 0 saturated heterocycles. The van der Waals surface area contributed by atoms with Crippen LogP contribution in [0, 0.1) is 0 Å². The Labute approximate surface area is 87.5 Å². The maximum Gasteiger partial charge on any atom is 0.333 e. The smallest absolute Gasteiger partial charge is 0.333 e. The molecule has 7 nitrogen and oxygen atoms in total.